The number of aryl methyl sites for hydroxylation is 1. The zero-order valence-electron chi connectivity index (χ0n) is 15.9. The Hall–Kier alpha value is -3.21. The highest BCUT2D eigenvalue weighted by Crippen LogP contribution is 2.31. The Balaban J connectivity index is 1.53. The molecule has 0 spiro atoms. The van der Waals surface area contributed by atoms with Gasteiger partial charge < -0.3 is 10.3 Å². The predicted octanol–water partition coefficient (Wildman–Crippen LogP) is 5.35. The molecule has 28 heavy (non-hydrogen) atoms. The minimum Gasteiger partial charge on any atom is -0.351 e. The van der Waals surface area contributed by atoms with Gasteiger partial charge in [-0.25, -0.2) is 15.0 Å². The molecule has 3 heterocycles. The summed E-state index contributed by atoms with van der Waals surface area (Å²) in [5.74, 6) is 0.710. The quantitative estimate of drug-likeness (QED) is 0.509. The summed E-state index contributed by atoms with van der Waals surface area (Å²) in [7, 11) is 0. The third kappa shape index (κ3) is 3.24. The maximum Gasteiger partial charge on any atom is 0.223 e. The first-order chi connectivity index (χ1) is 13.8. The van der Waals surface area contributed by atoms with Crippen LogP contribution in [0.3, 0.4) is 0 Å². The number of benzene rings is 1. The third-order valence-electron chi connectivity index (χ3n) is 5.50. The molecule has 4 aromatic rings. The van der Waals surface area contributed by atoms with Crippen molar-refractivity contribution in [2.45, 2.75) is 38.6 Å². The van der Waals surface area contributed by atoms with Crippen molar-refractivity contribution >= 4 is 17.0 Å². The molecular formula is C23H23N5. The van der Waals surface area contributed by atoms with Gasteiger partial charge in [0.1, 0.15) is 5.65 Å². The first kappa shape index (κ1) is 16.9. The lowest BCUT2D eigenvalue weighted by molar-refractivity contribution is 0.744. The lowest BCUT2D eigenvalue weighted by atomic mass is 10.0. The van der Waals surface area contributed by atoms with E-state index < -0.39 is 0 Å². The maximum absolute atomic E-state index is 4.78. The Morgan fingerprint density at radius 3 is 2.79 bits per heavy atom. The molecular weight excluding hydrogens is 346 g/mol. The smallest absolute Gasteiger partial charge is 0.223 e. The topological polar surface area (TPSA) is 66.5 Å². The van der Waals surface area contributed by atoms with Crippen LogP contribution >= 0.6 is 0 Å². The number of nitrogens with one attached hydrogen (secondary N) is 2. The molecule has 0 aliphatic heterocycles. The molecule has 1 aliphatic rings. The van der Waals surface area contributed by atoms with E-state index in [9.17, 15) is 0 Å². The standard InChI is InChI=1S/C23H23N5/c1-15-5-4-6-16(11-15)17-12-19-20(14-26-22(19)25-13-17)21-9-10-24-23(28-21)27-18-7-2-3-8-18/h4-6,9-14,18H,2-3,7-8H2,1H3,(H,25,26)(H,24,27,28). The molecule has 2 N–H and O–H groups in total. The predicted molar refractivity (Wildman–Crippen MR) is 113 cm³/mol. The number of hydrogen-bond acceptors (Lipinski definition) is 4. The van der Waals surface area contributed by atoms with E-state index in [0.717, 1.165) is 27.9 Å². The Kier molecular flexibility index (Phi) is 4.28. The molecule has 0 amide bonds. The summed E-state index contributed by atoms with van der Waals surface area (Å²) >= 11 is 0. The van der Waals surface area contributed by atoms with Crippen molar-refractivity contribution in [1.82, 2.24) is 19.9 Å². The van der Waals surface area contributed by atoms with Crippen LogP contribution < -0.4 is 5.32 Å². The Morgan fingerprint density at radius 1 is 1.04 bits per heavy atom. The molecule has 3 aromatic heterocycles. The van der Waals surface area contributed by atoms with Crippen LogP contribution in [0.25, 0.3) is 33.4 Å². The molecule has 1 saturated carbocycles. The molecule has 0 bridgehead atoms. The fourth-order valence-corrected chi connectivity index (χ4v) is 4.03. The molecule has 5 rings (SSSR count). The van der Waals surface area contributed by atoms with Crippen molar-refractivity contribution in [3.05, 3.63) is 60.6 Å². The molecule has 0 radical (unpaired) electrons. The van der Waals surface area contributed by atoms with Crippen LogP contribution in [0.4, 0.5) is 5.95 Å². The zero-order chi connectivity index (χ0) is 18.9. The van der Waals surface area contributed by atoms with Gasteiger partial charge in [0.25, 0.3) is 0 Å². The SMILES string of the molecule is Cc1cccc(-c2cnc3[nH]cc(-c4ccnc(NC5CCCC5)n4)c3c2)c1. The Bertz CT molecular complexity index is 1120. The van der Waals surface area contributed by atoms with Crippen LogP contribution in [-0.4, -0.2) is 26.0 Å². The number of fused-ring (bicyclic) bond motifs is 1. The van der Waals surface area contributed by atoms with Gasteiger partial charge in [0.15, 0.2) is 0 Å². The summed E-state index contributed by atoms with van der Waals surface area (Å²) in [5, 5.41) is 4.56. The van der Waals surface area contributed by atoms with E-state index in [0.29, 0.717) is 12.0 Å². The summed E-state index contributed by atoms with van der Waals surface area (Å²) in [6, 6.07) is 13.1. The molecule has 1 fully saturated rings. The highest BCUT2D eigenvalue weighted by Gasteiger charge is 2.16. The Labute approximate surface area is 164 Å². The average Bonchev–Trinajstić information content (AvgIpc) is 3.37. The van der Waals surface area contributed by atoms with E-state index in [-0.39, 0.29) is 0 Å². The fourth-order valence-electron chi connectivity index (χ4n) is 4.03. The normalized spacial score (nSPS) is 14.6. The van der Waals surface area contributed by atoms with Gasteiger partial charge in [-0.15, -0.1) is 0 Å². The average molecular weight is 369 g/mol. The van der Waals surface area contributed by atoms with Gasteiger partial charge in [-0.3, -0.25) is 0 Å². The second-order valence-electron chi connectivity index (χ2n) is 7.58. The number of pyridine rings is 1. The largest absolute Gasteiger partial charge is 0.351 e. The van der Waals surface area contributed by atoms with E-state index in [1.807, 2.05) is 24.7 Å². The van der Waals surface area contributed by atoms with E-state index in [1.54, 1.807) is 0 Å². The number of rotatable bonds is 4. The van der Waals surface area contributed by atoms with Crippen LogP contribution in [0.2, 0.25) is 0 Å². The maximum atomic E-state index is 4.78. The molecule has 1 aliphatic carbocycles. The Morgan fingerprint density at radius 2 is 1.93 bits per heavy atom. The van der Waals surface area contributed by atoms with Gasteiger partial charge in [0, 0.05) is 41.1 Å². The number of aromatic amines is 1. The van der Waals surface area contributed by atoms with Gasteiger partial charge in [-0.2, -0.15) is 0 Å². The minimum atomic E-state index is 0.493. The summed E-state index contributed by atoms with van der Waals surface area (Å²) in [5.41, 5.74) is 6.35. The molecule has 140 valence electrons. The van der Waals surface area contributed by atoms with Crippen molar-refractivity contribution in [1.29, 1.82) is 0 Å². The summed E-state index contributed by atoms with van der Waals surface area (Å²) in [6.07, 6.45) is 10.7. The van der Waals surface area contributed by atoms with Crippen molar-refractivity contribution in [2.75, 3.05) is 5.32 Å². The van der Waals surface area contributed by atoms with Crippen molar-refractivity contribution in [3.63, 3.8) is 0 Å². The summed E-state index contributed by atoms with van der Waals surface area (Å²) < 4.78 is 0. The van der Waals surface area contributed by atoms with E-state index in [2.05, 4.69) is 57.5 Å². The highest BCUT2D eigenvalue weighted by molar-refractivity contribution is 5.95. The minimum absolute atomic E-state index is 0.493. The molecule has 5 heteroatoms. The van der Waals surface area contributed by atoms with Gasteiger partial charge in [-0.05, 0) is 37.5 Å². The first-order valence-electron chi connectivity index (χ1n) is 9.90. The second kappa shape index (κ2) is 7.08. The van der Waals surface area contributed by atoms with E-state index in [4.69, 9.17) is 4.98 Å². The summed E-state index contributed by atoms with van der Waals surface area (Å²) in [4.78, 5) is 17.1. The molecule has 0 atom stereocenters. The van der Waals surface area contributed by atoms with Crippen molar-refractivity contribution in [2.24, 2.45) is 0 Å². The number of hydrogen-bond donors (Lipinski definition) is 2. The second-order valence-corrected chi connectivity index (χ2v) is 7.58. The fraction of sp³-hybridized carbons (Fsp3) is 0.261. The number of H-pyrrole nitrogens is 1. The van der Waals surface area contributed by atoms with Crippen molar-refractivity contribution < 1.29 is 0 Å². The van der Waals surface area contributed by atoms with Gasteiger partial charge >= 0.3 is 0 Å². The third-order valence-corrected chi connectivity index (χ3v) is 5.50. The van der Waals surface area contributed by atoms with Gasteiger partial charge in [0.05, 0.1) is 5.69 Å². The van der Waals surface area contributed by atoms with Gasteiger partial charge in [0.2, 0.25) is 5.95 Å². The van der Waals surface area contributed by atoms with Gasteiger partial charge in [-0.1, -0.05) is 42.7 Å². The van der Waals surface area contributed by atoms with Crippen LogP contribution in [0, 0.1) is 6.92 Å². The van der Waals surface area contributed by atoms with E-state index in [1.165, 1.54) is 36.8 Å². The van der Waals surface area contributed by atoms with Crippen LogP contribution in [-0.2, 0) is 0 Å². The van der Waals surface area contributed by atoms with Crippen LogP contribution in [0.5, 0.6) is 0 Å². The summed E-state index contributed by atoms with van der Waals surface area (Å²) in [6.45, 7) is 2.11. The monoisotopic (exact) mass is 369 g/mol. The zero-order valence-corrected chi connectivity index (χ0v) is 15.9. The lowest BCUT2D eigenvalue weighted by Crippen LogP contribution is -2.16. The molecule has 0 unspecified atom stereocenters. The highest BCUT2D eigenvalue weighted by atomic mass is 15.1. The number of anilines is 1. The molecule has 1 aromatic carbocycles. The molecule has 5 nitrogen and oxygen atoms in total. The van der Waals surface area contributed by atoms with Crippen LogP contribution in [0.1, 0.15) is 31.2 Å². The number of nitrogens with zero attached hydrogens (tertiary/aromatic N) is 3. The number of aromatic nitrogens is 4. The van der Waals surface area contributed by atoms with Crippen LogP contribution in [0.15, 0.2) is 55.0 Å². The molecule has 0 saturated heterocycles. The first-order valence-corrected chi connectivity index (χ1v) is 9.90. The van der Waals surface area contributed by atoms with Crippen molar-refractivity contribution in [3.8, 4) is 22.4 Å². The lowest BCUT2D eigenvalue weighted by Gasteiger charge is -2.12. The van der Waals surface area contributed by atoms with E-state index >= 15 is 0 Å².